The summed E-state index contributed by atoms with van der Waals surface area (Å²) in [6, 6.07) is 18.9. The lowest BCUT2D eigenvalue weighted by Crippen LogP contribution is -2.18. The number of fused-ring (bicyclic) bond motifs is 1. The molecule has 1 aliphatic heterocycles. The molecule has 3 aromatic carbocycles. The van der Waals surface area contributed by atoms with Gasteiger partial charge >= 0.3 is 5.97 Å². The standard InChI is InChI=1S/C22H18O7S2/c23-22(24)20-17(29-13-15-7-3-1-4-8-15)11-12-18-21(20)19(14-30(18,25)26)31(27,28)16-9-5-2-6-10-16/h1-12,19H,13-14H2,(H,23,24). The lowest BCUT2D eigenvalue weighted by atomic mass is 10.0. The average molecular weight is 459 g/mol. The van der Waals surface area contributed by atoms with Crippen molar-refractivity contribution in [2.24, 2.45) is 0 Å². The van der Waals surface area contributed by atoms with E-state index in [1.165, 1.54) is 36.4 Å². The summed E-state index contributed by atoms with van der Waals surface area (Å²) in [6.45, 7) is 0.0444. The molecule has 0 amide bonds. The highest BCUT2D eigenvalue weighted by Gasteiger charge is 2.46. The Kier molecular flexibility index (Phi) is 5.32. The molecule has 0 radical (unpaired) electrons. The van der Waals surface area contributed by atoms with Gasteiger partial charge in [-0.2, -0.15) is 0 Å². The number of rotatable bonds is 6. The molecular formula is C22H18O7S2. The fourth-order valence-corrected chi connectivity index (χ4v) is 7.99. The van der Waals surface area contributed by atoms with Crippen molar-refractivity contribution < 1.29 is 31.5 Å². The van der Waals surface area contributed by atoms with Crippen molar-refractivity contribution in [3.05, 3.63) is 89.5 Å². The van der Waals surface area contributed by atoms with E-state index < -0.39 is 42.2 Å². The lowest BCUT2D eigenvalue weighted by molar-refractivity contribution is 0.0690. The largest absolute Gasteiger partial charge is 0.488 e. The number of hydrogen-bond acceptors (Lipinski definition) is 6. The van der Waals surface area contributed by atoms with Gasteiger partial charge in [0.15, 0.2) is 19.7 Å². The molecule has 1 unspecified atom stereocenters. The second-order valence-electron chi connectivity index (χ2n) is 7.06. The minimum Gasteiger partial charge on any atom is -0.488 e. The van der Waals surface area contributed by atoms with Crippen LogP contribution < -0.4 is 4.74 Å². The molecule has 0 bridgehead atoms. The number of sulfone groups is 2. The first kappa shape index (κ1) is 21.1. The highest BCUT2D eigenvalue weighted by atomic mass is 32.2. The van der Waals surface area contributed by atoms with Crippen molar-refractivity contribution in [3.63, 3.8) is 0 Å². The van der Waals surface area contributed by atoms with E-state index in [9.17, 15) is 26.7 Å². The van der Waals surface area contributed by atoms with E-state index in [1.807, 2.05) is 6.07 Å². The van der Waals surface area contributed by atoms with Crippen LogP contribution in [0.1, 0.15) is 26.7 Å². The van der Waals surface area contributed by atoms with E-state index in [0.29, 0.717) is 0 Å². The van der Waals surface area contributed by atoms with E-state index in [2.05, 4.69) is 0 Å². The van der Waals surface area contributed by atoms with E-state index in [4.69, 9.17) is 4.74 Å². The van der Waals surface area contributed by atoms with Gasteiger partial charge in [0.25, 0.3) is 0 Å². The predicted octanol–water partition coefficient (Wildman–Crippen LogP) is 3.27. The SMILES string of the molecule is O=C(O)c1c(OCc2ccccc2)ccc2c1C(S(=O)(=O)c1ccccc1)CS2(=O)=O. The average Bonchev–Trinajstić information content (AvgIpc) is 3.04. The molecule has 1 atom stereocenters. The molecule has 0 aromatic heterocycles. The Labute approximate surface area is 179 Å². The molecule has 0 aliphatic carbocycles. The summed E-state index contributed by atoms with van der Waals surface area (Å²) in [5.41, 5.74) is 0.0846. The van der Waals surface area contributed by atoms with Crippen LogP contribution in [0.4, 0.5) is 0 Å². The predicted molar refractivity (Wildman–Crippen MR) is 113 cm³/mol. The molecule has 0 spiro atoms. The number of benzene rings is 3. The molecule has 1 N–H and O–H groups in total. The Bertz CT molecular complexity index is 1350. The molecule has 7 nitrogen and oxygen atoms in total. The maximum atomic E-state index is 13.3. The van der Waals surface area contributed by atoms with Gasteiger partial charge < -0.3 is 9.84 Å². The molecule has 1 aliphatic rings. The maximum Gasteiger partial charge on any atom is 0.339 e. The van der Waals surface area contributed by atoms with Gasteiger partial charge in [-0.1, -0.05) is 48.5 Å². The van der Waals surface area contributed by atoms with Crippen molar-refractivity contribution in [1.29, 1.82) is 0 Å². The lowest BCUT2D eigenvalue weighted by Gasteiger charge is -2.17. The third-order valence-electron chi connectivity index (χ3n) is 5.09. The van der Waals surface area contributed by atoms with E-state index in [1.54, 1.807) is 30.3 Å². The Morgan fingerprint density at radius 3 is 2.19 bits per heavy atom. The van der Waals surface area contributed by atoms with Gasteiger partial charge in [-0.25, -0.2) is 21.6 Å². The minimum atomic E-state index is -4.16. The molecule has 31 heavy (non-hydrogen) atoms. The number of hydrogen-bond donors (Lipinski definition) is 1. The van der Waals surface area contributed by atoms with Gasteiger partial charge in [0.1, 0.15) is 23.2 Å². The van der Waals surface area contributed by atoms with Crippen LogP contribution in [0.5, 0.6) is 5.75 Å². The number of ether oxygens (including phenoxy) is 1. The van der Waals surface area contributed by atoms with Crippen LogP contribution in [-0.2, 0) is 26.3 Å². The summed E-state index contributed by atoms with van der Waals surface area (Å²) in [5.74, 6) is -2.26. The molecule has 0 saturated heterocycles. The van der Waals surface area contributed by atoms with Gasteiger partial charge in [-0.05, 0) is 29.8 Å². The molecule has 1 heterocycles. The smallest absolute Gasteiger partial charge is 0.339 e. The van der Waals surface area contributed by atoms with Crippen molar-refractivity contribution in [2.75, 3.05) is 5.75 Å². The van der Waals surface area contributed by atoms with Crippen LogP contribution >= 0.6 is 0 Å². The topological polar surface area (TPSA) is 115 Å². The van der Waals surface area contributed by atoms with Gasteiger partial charge in [0.05, 0.1) is 15.5 Å². The molecular weight excluding hydrogens is 440 g/mol. The normalized spacial score (nSPS) is 17.1. The summed E-state index contributed by atoms with van der Waals surface area (Å²) < 4.78 is 57.6. The van der Waals surface area contributed by atoms with Crippen molar-refractivity contribution in [3.8, 4) is 5.75 Å². The Hall–Kier alpha value is -3.17. The number of carboxylic acids is 1. The van der Waals surface area contributed by atoms with Crippen molar-refractivity contribution in [1.82, 2.24) is 0 Å². The summed E-state index contributed by atoms with van der Waals surface area (Å²) in [4.78, 5) is 11.8. The van der Waals surface area contributed by atoms with Gasteiger partial charge in [0, 0.05) is 5.56 Å². The highest BCUT2D eigenvalue weighted by Crippen LogP contribution is 2.45. The third-order valence-corrected chi connectivity index (χ3v) is 9.18. The van der Waals surface area contributed by atoms with Crippen LogP contribution in [-0.4, -0.2) is 33.7 Å². The Morgan fingerprint density at radius 1 is 0.968 bits per heavy atom. The Morgan fingerprint density at radius 2 is 1.58 bits per heavy atom. The molecule has 0 saturated carbocycles. The first-order valence-electron chi connectivity index (χ1n) is 9.30. The highest BCUT2D eigenvalue weighted by molar-refractivity contribution is 7.96. The second-order valence-corrected chi connectivity index (χ2v) is 11.2. The number of aromatic carboxylic acids is 1. The first-order chi connectivity index (χ1) is 14.7. The zero-order valence-electron chi connectivity index (χ0n) is 16.1. The summed E-state index contributed by atoms with van der Waals surface area (Å²) in [6.07, 6.45) is 0. The van der Waals surface area contributed by atoms with Gasteiger partial charge in [-0.3, -0.25) is 0 Å². The number of carboxylic acid groups (broad SMARTS) is 1. The molecule has 3 aromatic rings. The van der Waals surface area contributed by atoms with Crippen LogP contribution in [0.15, 0.2) is 82.6 Å². The quantitative estimate of drug-likeness (QED) is 0.603. The zero-order valence-corrected chi connectivity index (χ0v) is 17.8. The summed E-state index contributed by atoms with van der Waals surface area (Å²) in [5, 5.41) is 8.34. The fourth-order valence-electron chi connectivity index (χ4n) is 3.64. The van der Waals surface area contributed by atoms with Crippen LogP contribution in [0, 0.1) is 0 Å². The van der Waals surface area contributed by atoms with Gasteiger partial charge in [0.2, 0.25) is 0 Å². The van der Waals surface area contributed by atoms with Crippen LogP contribution in [0.2, 0.25) is 0 Å². The third kappa shape index (κ3) is 3.82. The molecule has 9 heteroatoms. The van der Waals surface area contributed by atoms with E-state index in [0.717, 1.165) is 5.56 Å². The number of carbonyl (C=O) groups is 1. The summed E-state index contributed by atoms with van der Waals surface area (Å²) in [7, 11) is -8.14. The molecule has 160 valence electrons. The monoisotopic (exact) mass is 458 g/mol. The first-order valence-corrected chi connectivity index (χ1v) is 12.5. The minimum absolute atomic E-state index is 0.0444. The van der Waals surface area contributed by atoms with Crippen LogP contribution in [0.3, 0.4) is 0 Å². The van der Waals surface area contributed by atoms with E-state index in [-0.39, 0.29) is 27.7 Å². The van der Waals surface area contributed by atoms with Gasteiger partial charge in [-0.15, -0.1) is 0 Å². The zero-order chi connectivity index (χ0) is 22.2. The molecule has 4 rings (SSSR count). The maximum absolute atomic E-state index is 13.3. The Balaban J connectivity index is 1.86. The van der Waals surface area contributed by atoms with Crippen molar-refractivity contribution in [2.45, 2.75) is 21.6 Å². The molecule has 0 fully saturated rings. The van der Waals surface area contributed by atoms with Crippen LogP contribution in [0.25, 0.3) is 0 Å². The van der Waals surface area contributed by atoms with Crippen molar-refractivity contribution >= 4 is 25.6 Å². The fraction of sp³-hybridized carbons (Fsp3) is 0.136. The second kappa shape index (κ2) is 7.82. The summed E-state index contributed by atoms with van der Waals surface area (Å²) >= 11 is 0. The van der Waals surface area contributed by atoms with E-state index >= 15 is 0 Å².